The molecule has 0 fully saturated rings. The molecule has 1 atom stereocenters. The minimum Gasteiger partial charge on any atom is -0.463 e. The Morgan fingerprint density at radius 2 is 2.44 bits per heavy atom. The van der Waals surface area contributed by atoms with E-state index in [2.05, 4.69) is 25.2 Å². The van der Waals surface area contributed by atoms with Crippen molar-refractivity contribution in [2.75, 3.05) is 7.11 Å². The van der Waals surface area contributed by atoms with E-state index in [0.717, 1.165) is 5.82 Å². The maximum atomic E-state index is 11.2. The first kappa shape index (κ1) is 12.3. The first-order chi connectivity index (χ1) is 8.70. The smallest absolute Gasteiger partial charge is 0.373 e. The standard InChI is InChI=1S/C11H14N4O3/c1-7(10-13-6-14-15-10)12-5-8-3-4-9(18-8)11(16)17-2/h3-4,6-7,12H,5H2,1-2H3,(H,13,14,15). The molecule has 2 N–H and O–H groups in total. The van der Waals surface area contributed by atoms with Gasteiger partial charge in [-0.05, 0) is 19.1 Å². The van der Waals surface area contributed by atoms with Crippen LogP contribution in [0.3, 0.4) is 0 Å². The fraction of sp³-hybridized carbons (Fsp3) is 0.364. The molecule has 0 aliphatic carbocycles. The van der Waals surface area contributed by atoms with Crippen LogP contribution in [0.15, 0.2) is 22.9 Å². The van der Waals surface area contributed by atoms with Gasteiger partial charge in [0.15, 0.2) is 0 Å². The van der Waals surface area contributed by atoms with Crippen molar-refractivity contribution in [2.24, 2.45) is 0 Å². The van der Waals surface area contributed by atoms with Crippen LogP contribution in [0.2, 0.25) is 0 Å². The molecule has 0 spiro atoms. The lowest BCUT2D eigenvalue weighted by Gasteiger charge is -2.08. The maximum absolute atomic E-state index is 11.2. The van der Waals surface area contributed by atoms with E-state index in [-0.39, 0.29) is 11.8 Å². The number of furan rings is 1. The number of esters is 1. The number of nitrogens with zero attached hydrogens (tertiary/aromatic N) is 2. The summed E-state index contributed by atoms with van der Waals surface area (Å²) in [4.78, 5) is 15.2. The lowest BCUT2D eigenvalue weighted by molar-refractivity contribution is 0.0563. The third-order valence-corrected chi connectivity index (χ3v) is 2.47. The lowest BCUT2D eigenvalue weighted by Crippen LogP contribution is -2.18. The van der Waals surface area contributed by atoms with E-state index in [1.165, 1.54) is 13.4 Å². The van der Waals surface area contributed by atoms with Crippen LogP contribution in [0.4, 0.5) is 0 Å². The molecule has 0 aliphatic rings. The Bertz CT molecular complexity index is 506. The van der Waals surface area contributed by atoms with E-state index in [1.807, 2.05) is 6.92 Å². The maximum Gasteiger partial charge on any atom is 0.373 e. The second-order valence-electron chi connectivity index (χ2n) is 3.73. The second-order valence-corrected chi connectivity index (χ2v) is 3.73. The Kier molecular flexibility index (Phi) is 3.73. The molecule has 18 heavy (non-hydrogen) atoms. The van der Waals surface area contributed by atoms with E-state index >= 15 is 0 Å². The quantitative estimate of drug-likeness (QED) is 0.770. The summed E-state index contributed by atoms with van der Waals surface area (Å²) >= 11 is 0. The number of carbonyl (C=O) groups is 1. The summed E-state index contributed by atoms with van der Waals surface area (Å²) in [6, 6.07) is 3.33. The molecule has 2 rings (SSSR count). The molecule has 96 valence electrons. The zero-order valence-electron chi connectivity index (χ0n) is 10.1. The number of hydrogen-bond donors (Lipinski definition) is 2. The van der Waals surface area contributed by atoms with Gasteiger partial charge in [-0.25, -0.2) is 9.78 Å². The van der Waals surface area contributed by atoms with Crippen LogP contribution < -0.4 is 5.32 Å². The molecule has 2 heterocycles. The van der Waals surface area contributed by atoms with Gasteiger partial charge in [0.2, 0.25) is 5.76 Å². The van der Waals surface area contributed by atoms with E-state index in [0.29, 0.717) is 12.3 Å². The molecular formula is C11H14N4O3. The number of aromatic amines is 1. The molecule has 0 saturated carbocycles. The molecule has 0 aromatic carbocycles. The average Bonchev–Trinajstić information content (AvgIpc) is 3.05. The summed E-state index contributed by atoms with van der Waals surface area (Å²) in [5.74, 6) is 1.11. The Morgan fingerprint density at radius 3 is 3.11 bits per heavy atom. The van der Waals surface area contributed by atoms with E-state index < -0.39 is 5.97 Å². The van der Waals surface area contributed by atoms with Gasteiger partial charge in [-0.15, -0.1) is 0 Å². The normalized spacial score (nSPS) is 12.3. The highest BCUT2D eigenvalue weighted by Crippen LogP contribution is 2.11. The molecule has 0 saturated heterocycles. The van der Waals surface area contributed by atoms with Crippen LogP contribution in [-0.4, -0.2) is 28.3 Å². The Balaban J connectivity index is 1.90. The van der Waals surface area contributed by atoms with Crippen LogP contribution in [0.1, 0.15) is 35.1 Å². The molecular weight excluding hydrogens is 236 g/mol. The Labute approximate surface area is 104 Å². The van der Waals surface area contributed by atoms with Crippen LogP contribution in [0.25, 0.3) is 0 Å². The fourth-order valence-corrected chi connectivity index (χ4v) is 1.46. The summed E-state index contributed by atoms with van der Waals surface area (Å²) in [5, 5.41) is 9.75. The molecule has 0 aliphatic heterocycles. The highest BCUT2D eigenvalue weighted by molar-refractivity contribution is 5.86. The Hall–Kier alpha value is -2.15. The molecule has 1 unspecified atom stereocenters. The molecule has 0 bridgehead atoms. The van der Waals surface area contributed by atoms with E-state index in [4.69, 9.17) is 4.42 Å². The number of ether oxygens (including phenoxy) is 1. The van der Waals surface area contributed by atoms with E-state index in [1.54, 1.807) is 12.1 Å². The van der Waals surface area contributed by atoms with Gasteiger partial charge in [0, 0.05) is 0 Å². The minimum absolute atomic E-state index is 0.0131. The zero-order valence-corrected chi connectivity index (χ0v) is 10.1. The SMILES string of the molecule is COC(=O)c1ccc(CNC(C)c2ncn[nH]2)o1. The van der Waals surface area contributed by atoms with Crippen molar-refractivity contribution in [1.29, 1.82) is 0 Å². The van der Waals surface area contributed by atoms with Gasteiger partial charge in [0.25, 0.3) is 0 Å². The predicted molar refractivity (Wildman–Crippen MR) is 61.7 cm³/mol. The number of nitrogens with one attached hydrogen (secondary N) is 2. The highest BCUT2D eigenvalue weighted by Gasteiger charge is 2.12. The van der Waals surface area contributed by atoms with Crippen LogP contribution in [0.5, 0.6) is 0 Å². The van der Waals surface area contributed by atoms with Crippen molar-refractivity contribution in [1.82, 2.24) is 20.5 Å². The van der Waals surface area contributed by atoms with Gasteiger partial charge in [0.1, 0.15) is 17.9 Å². The van der Waals surface area contributed by atoms with Crippen molar-refractivity contribution in [3.63, 3.8) is 0 Å². The molecule has 2 aromatic rings. The number of carbonyl (C=O) groups excluding carboxylic acids is 1. The molecule has 0 radical (unpaired) electrons. The second kappa shape index (κ2) is 5.46. The number of rotatable bonds is 5. The monoisotopic (exact) mass is 250 g/mol. The molecule has 2 aromatic heterocycles. The predicted octanol–water partition coefficient (Wildman–Crippen LogP) is 1.04. The fourth-order valence-electron chi connectivity index (χ4n) is 1.46. The summed E-state index contributed by atoms with van der Waals surface area (Å²) in [6.45, 7) is 2.43. The van der Waals surface area contributed by atoms with Crippen molar-refractivity contribution in [3.8, 4) is 0 Å². The molecule has 0 amide bonds. The number of H-pyrrole nitrogens is 1. The van der Waals surface area contributed by atoms with Gasteiger partial charge in [0.05, 0.1) is 19.7 Å². The van der Waals surface area contributed by atoms with Gasteiger partial charge >= 0.3 is 5.97 Å². The van der Waals surface area contributed by atoms with Gasteiger partial charge in [-0.1, -0.05) is 0 Å². The number of aromatic nitrogens is 3. The highest BCUT2D eigenvalue weighted by atomic mass is 16.5. The number of methoxy groups -OCH3 is 1. The van der Waals surface area contributed by atoms with Crippen molar-refractivity contribution in [3.05, 3.63) is 35.8 Å². The van der Waals surface area contributed by atoms with Crippen LogP contribution in [0, 0.1) is 0 Å². The first-order valence-electron chi connectivity index (χ1n) is 5.46. The third kappa shape index (κ3) is 2.75. The minimum atomic E-state index is -0.482. The van der Waals surface area contributed by atoms with E-state index in [9.17, 15) is 4.79 Å². The van der Waals surface area contributed by atoms with Crippen LogP contribution in [-0.2, 0) is 11.3 Å². The largest absolute Gasteiger partial charge is 0.463 e. The lowest BCUT2D eigenvalue weighted by atomic mass is 10.3. The Morgan fingerprint density at radius 1 is 1.61 bits per heavy atom. The van der Waals surface area contributed by atoms with Gasteiger partial charge in [-0.3, -0.25) is 5.10 Å². The summed E-state index contributed by atoms with van der Waals surface area (Å²) in [7, 11) is 1.31. The van der Waals surface area contributed by atoms with Crippen molar-refractivity contribution < 1.29 is 13.9 Å². The van der Waals surface area contributed by atoms with Gasteiger partial charge < -0.3 is 14.5 Å². The van der Waals surface area contributed by atoms with Crippen molar-refractivity contribution in [2.45, 2.75) is 19.5 Å². The average molecular weight is 250 g/mol. The summed E-state index contributed by atoms with van der Waals surface area (Å²) in [5.41, 5.74) is 0. The van der Waals surface area contributed by atoms with Crippen LogP contribution >= 0.6 is 0 Å². The van der Waals surface area contributed by atoms with Gasteiger partial charge in [-0.2, -0.15) is 5.10 Å². The molecule has 7 heteroatoms. The molecule has 7 nitrogen and oxygen atoms in total. The topological polar surface area (TPSA) is 93.0 Å². The summed E-state index contributed by atoms with van der Waals surface area (Å²) in [6.07, 6.45) is 1.45. The number of hydrogen-bond acceptors (Lipinski definition) is 6. The third-order valence-electron chi connectivity index (χ3n) is 2.47. The summed E-state index contributed by atoms with van der Waals surface area (Å²) < 4.78 is 9.88. The van der Waals surface area contributed by atoms with Crippen molar-refractivity contribution >= 4 is 5.97 Å². The zero-order chi connectivity index (χ0) is 13.0. The first-order valence-corrected chi connectivity index (χ1v) is 5.46.